The van der Waals surface area contributed by atoms with Crippen molar-refractivity contribution in [1.29, 1.82) is 0 Å². The van der Waals surface area contributed by atoms with E-state index in [9.17, 15) is 0 Å². The second-order valence-electron chi connectivity index (χ2n) is 5.64. The van der Waals surface area contributed by atoms with E-state index in [1.54, 1.807) is 0 Å². The van der Waals surface area contributed by atoms with E-state index in [2.05, 4.69) is 0 Å². The smallest absolute Gasteiger partial charge is 0.142 e. The van der Waals surface area contributed by atoms with Gasteiger partial charge in [-0.3, -0.25) is 0 Å². The number of anilines is 2. The second-order valence-corrected chi connectivity index (χ2v) is 5.64. The Morgan fingerprint density at radius 3 is 2.04 bits per heavy atom. The highest BCUT2D eigenvalue weighted by molar-refractivity contribution is 5.57. The fourth-order valence-electron chi connectivity index (χ4n) is 2.31. The molecule has 0 aliphatic rings. The third-order valence-corrected chi connectivity index (χ3v) is 3.76. The monoisotopic (exact) mass is 314 g/mol. The van der Waals surface area contributed by atoms with Crippen LogP contribution in [0.15, 0.2) is 42.5 Å². The maximum Gasteiger partial charge on any atom is 0.142 e. The summed E-state index contributed by atoms with van der Waals surface area (Å²) in [7, 11) is 0. The predicted octanol–water partition coefficient (Wildman–Crippen LogP) is 4.18. The fraction of sp³-hybridized carbons (Fsp3) is 0.368. The van der Waals surface area contributed by atoms with Gasteiger partial charge in [0.2, 0.25) is 0 Å². The van der Waals surface area contributed by atoms with E-state index in [4.69, 9.17) is 20.9 Å². The molecule has 2 aromatic carbocycles. The van der Waals surface area contributed by atoms with Crippen LogP contribution in [0.1, 0.15) is 31.2 Å². The van der Waals surface area contributed by atoms with Crippen molar-refractivity contribution >= 4 is 11.4 Å². The van der Waals surface area contributed by atoms with E-state index >= 15 is 0 Å². The van der Waals surface area contributed by atoms with Crippen LogP contribution in [0, 0.1) is 6.92 Å². The Hall–Kier alpha value is -2.36. The molecule has 0 aliphatic carbocycles. The third kappa shape index (κ3) is 5.40. The van der Waals surface area contributed by atoms with Crippen molar-refractivity contribution in [2.45, 2.75) is 32.6 Å². The topological polar surface area (TPSA) is 70.5 Å². The molecule has 0 unspecified atom stereocenters. The zero-order valence-corrected chi connectivity index (χ0v) is 13.8. The van der Waals surface area contributed by atoms with Crippen LogP contribution in [-0.2, 0) is 0 Å². The highest BCUT2D eigenvalue weighted by Crippen LogP contribution is 2.24. The van der Waals surface area contributed by atoms with E-state index in [1.165, 1.54) is 0 Å². The summed E-state index contributed by atoms with van der Waals surface area (Å²) < 4.78 is 11.4. The average molecular weight is 314 g/mol. The van der Waals surface area contributed by atoms with Crippen molar-refractivity contribution in [3.8, 4) is 11.5 Å². The molecule has 4 N–H and O–H groups in total. The number of rotatable bonds is 9. The zero-order chi connectivity index (χ0) is 16.5. The summed E-state index contributed by atoms with van der Waals surface area (Å²) in [6.07, 6.45) is 4.25. The van der Waals surface area contributed by atoms with Crippen LogP contribution in [-0.4, -0.2) is 13.2 Å². The Balaban J connectivity index is 1.54. The Kier molecular flexibility index (Phi) is 6.60. The summed E-state index contributed by atoms with van der Waals surface area (Å²) in [5.41, 5.74) is 14.3. The van der Waals surface area contributed by atoms with E-state index < -0.39 is 0 Å². The lowest BCUT2D eigenvalue weighted by Crippen LogP contribution is -2.02. The van der Waals surface area contributed by atoms with Crippen LogP contribution in [0.4, 0.5) is 11.4 Å². The first kappa shape index (κ1) is 17.0. The summed E-state index contributed by atoms with van der Waals surface area (Å²) in [6.45, 7) is 3.38. The number of benzene rings is 2. The quantitative estimate of drug-likeness (QED) is 0.538. The number of unbranched alkanes of at least 4 members (excludes halogenated alkanes) is 3. The summed E-state index contributed by atoms with van der Waals surface area (Å²) in [6, 6.07) is 13.5. The van der Waals surface area contributed by atoms with E-state index in [0.717, 1.165) is 48.4 Å². The summed E-state index contributed by atoms with van der Waals surface area (Å²) in [5.74, 6) is 1.55. The van der Waals surface area contributed by atoms with Crippen LogP contribution >= 0.6 is 0 Å². The molecule has 0 spiro atoms. The zero-order valence-electron chi connectivity index (χ0n) is 13.8. The molecule has 0 saturated heterocycles. The fourth-order valence-corrected chi connectivity index (χ4v) is 2.31. The van der Waals surface area contributed by atoms with Gasteiger partial charge in [0.05, 0.1) is 24.6 Å². The van der Waals surface area contributed by atoms with Crippen molar-refractivity contribution in [3.63, 3.8) is 0 Å². The first-order valence-electron chi connectivity index (χ1n) is 8.13. The molecule has 2 rings (SSSR count). The molecule has 0 heterocycles. The minimum atomic E-state index is 0.691. The molecule has 4 nitrogen and oxygen atoms in total. The Bertz CT molecular complexity index is 614. The summed E-state index contributed by atoms with van der Waals surface area (Å²) in [5, 5.41) is 0. The maximum atomic E-state index is 5.98. The number of nitrogens with two attached hydrogens (primary N) is 2. The maximum absolute atomic E-state index is 5.98. The van der Waals surface area contributed by atoms with Crippen molar-refractivity contribution < 1.29 is 9.47 Å². The number of hydrogen-bond acceptors (Lipinski definition) is 4. The third-order valence-electron chi connectivity index (χ3n) is 3.76. The molecule has 0 amide bonds. The lowest BCUT2D eigenvalue weighted by Gasteiger charge is -2.10. The van der Waals surface area contributed by atoms with E-state index in [1.807, 2.05) is 49.4 Å². The number of ether oxygens (including phenoxy) is 2. The average Bonchev–Trinajstić information content (AvgIpc) is 2.55. The van der Waals surface area contributed by atoms with Crippen LogP contribution in [0.5, 0.6) is 11.5 Å². The summed E-state index contributed by atoms with van der Waals surface area (Å²) >= 11 is 0. The number of para-hydroxylation sites is 3. The van der Waals surface area contributed by atoms with Gasteiger partial charge in [-0.05, 0) is 56.4 Å². The Labute approximate surface area is 138 Å². The normalized spacial score (nSPS) is 10.5. The van der Waals surface area contributed by atoms with Gasteiger partial charge in [-0.1, -0.05) is 24.3 Å². The lowest BCUT2D eigenvalue weighted by molar-refractivity contribution is 0.289. The second kappa shape index (κ2) is 8.93. The molecule has 0 aromatic heterocycles. The largest absolute Gasteiger partial charge is 0.491 e. The SMILES string of the molecule is Cc1cccc(OCCCCCCOc2ccccc2N)c1N. The molecule has 0 atom stereocenters. The highest BCUT2D eigenvalue weighted by atomic mass is 16.5. The van der Waals surface area contributed by atoms with Crippen LogP contribution in [0.25, 0.3) is 0 Å². The lowest BCUT2D eigenvalue weighted by atomic mass is 10.2. The Morgan fingerprint density at radius 1 is 0.739 bits per heavy atom. The number of nitrogen functional groups attached to an aromatic ring is 2. The molecule has 124 valence electrons. The standard InChI is InChI=1S/C19H26N2O2/c1-15-9-8-12-18(19(15)21)23-14-7-3-2-6-13-22-17-11-5-4-10-16(17)20/h4-5,8-12H,2-3,6-7,13-14,20-21H2,1H3. The van der Waals surface area contributed by atoms with Gasteiger partial charge >= 0.3 is 0 Å². The van der Waals surface area contributed by atoms with Gasteiger partial charge in [0.25, 0.3) is 0 Å². The molecule has 0 fully saturated rings. The molecule has 4 heteroatoms. The number of hydrogen-bond donors (Lipinski definition) is 2. The van der Waals surface area contributed by atoms with Gasteiger partial charge in [0, 0.05) is 0 Å². The predicted molar refractivity (Wildman–Crippen MR) is 95.9 cm³/mol. The molecule has 2 aromatic rings. The van der Waals surface area contributed by atoms with Crippen LogP contribution < -0.4 is 20.9 Å². The van der Waals surface area contributed by atoms with E-state index in [0.29, 0.717) is 18.9 Å². The Morgan fingerprint density at radius 2 is 1.35 bits per heavy atom. The first-order chi connectivity index (χ1) is 11.2. The van der Waals surface area contributed by atoms with Crippen LogP contribution in [0.2, 0.25) is 0 Å². The molecule has 0 bridgehead atoms. The minimum Gasteiger partial charge on any atom is -0.491 e. The molecular weight excluding hydrogens is 288 g/mol. The van der Waals surface area contributed by atoms with Gasteiger partial charge in [0.1, 0.15) is 11.5 Å². The van der Waals surface area contributed by atoms with Crippen molar-refractivity contribution in [2.75, 3.05) is 24.7 Å². The summed E-state index contributed by atoms with van der Waals surface area (Å²) in [4.78, 5) is 0. The molecular formula is C19H26N2O2. The van der Waals surface area contributed by atoms with Gasteiger partial charge in [-0.2, -0.15) is 0 Å². The van der Waals surface area contributed by atoms with Crippen molar-refractivity contribution in [2.24, 2.45) is 0 Å². The number of aryl methyl sites for hydroxylation is 1. The van der Waals surface area contributed by atoms with Crippen molar-refractivity contribution in [3.05, 3.63) is 48.0 Å². The molecule has 0 saturated carbocycles. The molecule has 0 aliphatic heterocycles. The van der Waals surface area contributed by atoms with Gasteiger partial charge in [-0.25, -0.2) is 0 Å². The van der Waals surface area contributed by atoms with Gasteiger partial charge in [0.15, 0.2) is 0 Å². The highest BCUT2D eigenvalue weighted by Gasteiger charge is 2.02. The first-order valence-corrected chi connectivity index (χ1v) is 8.13. The molecule has 23 heavy (non-hydrogen) atoms. The minimum absolute atomic E-state index is 0.691. The van der Waals surface area contributed by atoms with Gasteiger partial charge < -0.3 is 20.9 Å². The van der Waals surface area contributed by atoms with Gasteiger partial charge in [-0.15, -0.1) is 0 Å². The van der Waals surface area contributed by atoms with E-state index in [-0.39, 0.29) is 0 Å². The van der Waals surface area contributed by atoms with Crippen molar-refractivity contribution in [1.82, 2.24) is 0 Å². The molecule has 0 radical (unpaired) electrons. The van der Waals surface area contributed by atoms with Crippen LogP contribution in [0.3, 0.4) is 0 Å².